The van der Waals surface area contributed by atoms with Crippen LogP contribution in [0.4, 0.5) is 0 Å². The van der Waals surface area contributed by atoms with E-state index < -0.39 is 70.9 Å². The predicted octanol–water partition coefficient (Wildman–Crippen LogP) is 9.21. The lowest BCUT2D eigenvalue weighted by Crippen LogP contribution is -2.42. The Morgan fingerprint density at radius 1 is 0.319 bits per heavy atom. The van der Waals surface area contributed by atoms with Gasteiger partial charge < -0.3 is 82.7 Å². The second-order valence-electron chi connectivity index (χ2n) is 35.7. The summed E-state index contributed by atoms with van der Waals surface area (Å²) in [6.07, 6.45) is 16.3. The van der Waals surface area contributed by atoms with Crippen molar-refractivity contribution in [1.82, 2.24) is 59.1 Å². The van der Waals surface area contributed by atoms with Crippen LogP contribution < -0.4 is 18.9 Å². The Bertz CT molecular complexity index is 5240. The third-order valence-corrected chi connectivity index (χ3v) is 26.3. The smallest absolute Gasteiger partial charge is 0.302 e. The van der Waals surface area contributed by atoms with Crippen molar-refractivity contribution in [3.8, 4) is 23.0 Å². The summed E-state index contributed by atoms with van der Waals surface area (Å²) in [5.41, 5.74) is 9.37. The zero-order chi connectivity index (χ0) is 96.8. The molecule has 4 aromatic carbocycles. The topological polar surface area (TPSA) is 395 Å². The van der Waals surface area contributed by atoms with Crippen LogP contribution in [0.5, 0.6) is 23.0 Å². The van der Waals surface area contributed by atoms with Crippen molar-refractivity contribution >= 4 is 75.8 Å². The molecular formula is C104H116N12O22. The Hall–Kier alpha value is -13.5. The van der Waals surface area contributed by atoms with Gasteiger partial charge >= 0.3 is 5.97 Å². The Kier molecular flexibility index (Phi) is 31.7. The number of ether oxygens (including phenoxy) is 9. The molecule has 12 aliphatic heterocycles. The first-order valence-corrected chi connectivity index (χ1v) is 47.1. The summed E-state index contributed by atoms with van der Waals surface area (Å²) in [5, 5.41) is 45.1. The number of aliphatic hydroxyl groups excluding tert-OH is 4. The molecule has 4 N–H and O–H groups in total. The van der Waals surface area contributed by atoms with E-state index in [1.165, 1.54) is 6.92 Å². The van der Waals surface area contributed by atoms with Crippen molar-refractivity contribution in [1.29, 1.82) is 0 Å². The van der Waals surface area contributed by atoms with Crippen LogP contribution in [0.25, 0.3) is 23.0 Å². The maximum absolute atomic E-state index is 13.2. The minimum atomic E-state index is -0.669. The van der Waals surface area contributed by atoms with Crippen molar-refractivity contribution in [2.24, 2.45) is 0 Å². The molecule has 8 aromatic rings. The monoisotopic (exact) mass is 1880 g/mol. The lowest BCUT2D eigenvalue weighted by atomic mass is 9.95. The van der Waals surface area contributed by atoms with E-state index in [4.69, 9.17) is 37.9 Å². The van der Waals surface area contributed by atoms with Gasteiger partial charge in [0.05, 0.1) is 106 Å². The first kappa shape index (κ1) is 97.6. The standard InChI is InChI=1S/4C25H27N3O5.C4H8O2/c4*1-16-14-19-15-18(2-3-20(19)33-16)23(29)21-22(17-4-6-26-7-5-17)28(25(31)24(21)30)9-8-27-10-12-32-13-11-27;1-3-6-4(2)5/h4*2-7,15-16,22,29H,8-14H2,1H3;3H2,1-2H3/b4*23-21+;. The molecule has 4 amide bonds. The van der Waals surface area contributed by atoms with Gasteiger partial charge in [-0.2, -0.15) is 0 Å². The predicted molar refractivity (Wildman–Crippen MR) is 505 cm³/mol. The molecule has 138 heavy (non-hydrogen) atoms. The van der Waals surface area contributed by atoms with Crippen molar-refractivity contribution in [2.75, 3.05) is 164 Å². The number of fused-ring (bicyclic) bond motifs is 4. The van der Waals surface area contributed by atoms with E-state index >= 15 is 0 Å². The number of carbonyl (C=O) groups is 9. The first-order chi connectivity index (χ1) is 66.9. The van der Waals surface area contributed by atoms with Crippen LogP contribution in [0, 0.1) is 0 Å². The minimum Gasteiger partial charge on any atom is -0.507 e. The van der Waals surface area contributed by atoms with E-state index in [0.29, 0.717) is 134 Å². The zero-order valence-electron chi connectivity index (χ0n) is 78.3. The molecule has 8 atom stereocenters. The number of carbonyl (C=O) groups excluding carboxylic acids is 9. The van der Waals surface area contributed by atoms with Crippen molar-refractivity contribution < 1.29 is 106 Å². The van der Waals surface area contributed by atoms with E-state index in [0.717, 1.165) is 146 Å². The molecule has 16 heterocycles. The Morgan fingerprint density at radius 2 is 0.522 bits per heavy atom. The van der Waals surface area contributed by atoms with Crippen LogP contribution in [0.15, 0.2) is 193 Å². The number of hydrogen-bond donors (Lipinski definition) is 4. The maximum atomic E-state index is 13.2. The lowest BCUT2D eigenvalue weighted by molar-refractivity contribution is -0.140. The summed E-state index contributed by atoms with van der Waals surface area (Å²) >= 11 is 0. The molecule has 0 bridgehead atoms. The summed E-state index contributed by atoms with van der Waals surface area (Å²) in [5.74, 6) is -2.74. The fourth-order valence-corrected chi connectivity index (χ4v) is 19.4. The van der Waals surface area contributed by atoms with Crippen LogP contribution in [-0.2, 0) is 92.5 Å². The molecule has 0 saturated carbocycles. The number of likely N-dealkylation sites (tertiary alicyclic amines) is 4. The zero-order valence-corrected chi connectivity index (χ0v) is 78.3. The molecule has 0 aliphatic carbocycles. The van der Waals surface area contributed by atoms with Crippen LogP contribution in [0.2, 0.25) is 0 Å². The largest absolute Gasteiger partial charge is 0.507 e. The number of aliphatic hydroxyl groups is 4. The number of morpholine rings is 4. The van der Waals surface area contributed by atoms with Crippen LogP contribution in [0.3, 0.4) is 0 Å². The first-order valence-electron chi connectivity index (χ1n) is 47.1. The molecule has 8 saturated heterocycles. The molecule has 8 fully saturated rings. The molecule has 8 unspecified atom stereocenters. The van der Waals surface area contributed by atoms with E-state index in [-0.39, 0.29) is 75.7 Å². The lowest BCUT2D eigenvalue weighted by Gasteiger charge is -2.31. The van der Waals surface area contributed by atoms with Gasteiger partial charge in [0.25, 0.3) is 46.8 Å². The number of rotatable bonds is 21. The van der Waals surface area contributed by atoms with Gasteiger partial charge in [-0.1, -0.05) is 0 Å². The summed E-state index contributed by atoms with van der Waals surface area (Å²) < 4.78 is 49.0. The van der Waals surface area contributed by atoms with Crippen molar-refractivity contribution in [3.63, 3.8) is 0 Å². The van der Waals surface area contributed by atoms with Gasteiger partial charge in [0.2, 0.25) is 0 Å². The molecule has 34 heteroatoms. The number of hydrogen-bond acceptors (Lipinski definition) is 30. The van der Waals surface area contributed by atoms with E-state index in [2.05, 4.69) is 44.3 Å². The van der Waals surface area contributed by atoms with Gasteiger partial charge in [-0.3, -0.25) is 82.7 Å². The number of aromatic nitrogens is 4. The highest BCUT2D eigenvalue weighted by Gasteiger charge is 2.51. The van der Waals surface area contributed by atoms with E-state index in [1.54, 1.807) is 149 Å². The average Bonchev–Trinajstić information content (AvgIpc) is 1.61. The molecule has 20 rings (SSSR count). The van der Waals surface area contributed by atoms with E-state index in [1.807, 2.05) is 76.2 Å². The summed E-state index contributed by atoms with van der Waals surface area (Å²) in [6.45, 7) is 27.3. The average molecular weight is 1890 g/mol. The van der Waals surface area contributed by atoms with Crippen LogP contribution >= 0.6 is 0 Å². The second-order valence-corrected chi connectivity index (χ2v) is 35.7. The number of Topliss-reactive ketones (excluding diaryl/α,β-unsaturated/α-hetero) is 4. The highest BCUT2D eigenvalue weighted by molar-refractivity contribution is 6.48. The Balaban J connectivity index is 0.000000130. The maximum Gasteiger partial charge on any atom is 0.302 e. The number of amides is 4. The Labute approximate surface area is 800 Å². The third kappa shape index (κ3) is 22.2. The van der Waals surface area contributed by atoms with Gasteiger partial charge in [-0.05, 0) is 200 Å². The summed E-state index contributed by atoms with van der Waals surface area (Å²) in [7, 11) is 0. The van der Waals surface area contributed by atoms with Gasteiger partial charge in [-0.25, -0.2) is 0 Å². The molecule has 34 nitrogen and oxygen atoms in total. The number of esters is 1. The molecule has 4 aromatic heterocycles. The summed E-state index contributed by atoms with van der Waals surface area (Å²) in [4.78, 5) is 146. The second kappa shape index (κ2) is 44.8. The molecule has 0 radical (unpaired) electrons. The molecule has 0 spiro atoms. The molecule has 12 aliphatic rings. The summed E-state index contributed by atoms with van der Waals surface area (Å²) in [6, 6.07) is 33.1. The van der Waals surface area contributed by atoms with Gasteiger partial charge in [0.15, 0.2) is 0 Å². The minimum absolute atomic E-state index is 0.0694. The Morgan fingerprint density at radius 3 is 0.703 bits per heavy atom. The quantitative estimate of drug-likeness (QED) is 0.0225. The fraction of sp³-hybridized carbons (Fsp3) is 0.413. The van der Waals surface area contributed by atoms with E-state index in [9.17, 15) is 63.6 Å². The van der Waals surface area contributed by atoms with Crippen LogP contribution in [0.1, 0.15) is 132 Å². The highest BCUT2D eigenvalue weighted by atomic mass is 16.5. The van der Waals surface area contributed by atoms with Crippen LogP contribution in [-0.4, -0.2) is 321 Å². The van der Waals surface area contributed by atoms with Crippen molar-refractivity contribution in [2.45, 2.75) is 116 Å². The third-order valence-electron chi connectivity index (χ3n) is 26.3. The number of nitrogens with zero attached hydrogens (tertiary/aromatic N) is 12. The fourth-order valence-electron chi connectivity index (χ4n) is 19.4. The highest BCUT2D eigenvalue weighted by Crippen LogP contribution is 2.47. The number of pyridine rings is 4. The number of ketones is 4. The van der Waals surface area contributed by atoms with Gasteiger partial charge in [0, 0.05) is 209 Å². The molecule has 724 valence electrons. The SMILES string of the molecule is CC1Cc2cc(/C(O)=C3\C(=O)C(=O)N(CCN4CCOCC4)C3c3ccncc3)ccc2O1.CC1Cc2cc(/C(O)=C3\C(=O)C(=O)N(CCN4CCOCC4)C3c3ccncc3)ccc2O1.CC1Cc2cc(/C(O)=C3\C(=O)C(=O)N(CCN4CCOCC4)C3c3ccncc3)ccc2O1.CC1Cc2cc(/C(O)=C3\C(=O)C(=O)N(CCN4CCOCC4)C3c3ccncc3)ccc2O1.CCOC(C)=O. The van der Waals surface area contributed by atoms with Gasteiger partial charge in [0.1, 0.15) is 70.5 Å². The molecular weight excluding hydrogens is 1770 g/mol. The van der Waals surface area contributed by atoms with Crippen molar-refractivity contribution in [3.05, 3.63) is 260 Å². The normalized spacial score (nSPS) is 24.0. The van der Waals surface area contributed by atoms with Gasteiger partial charge in [-0.15, -0.1) is 0 Å². The number of benzene rings is 4.